The molecule has 0 fully saturated rings. The summed E-state index contributed by atoms with van der Waals surface area (Å²) in [5, 5.41) is 6.67. The summed E-state index contributed by atoms with van der Waals surface area (Å²) < 4.78 is 16.4. The van der Waals surface area contributed by atoms with Crippen LogP contribution in [0.2, 0.25) is 0 Å². The molecule has 0 aliphatic rings. The first-order chi connectivity index (χ1) is 14.8. The number of hydrogen-bond acceptors (Lipinski definition) is 4. The Kier molecular flexibility index (Phi) is 11.2. The lowest BCUT2D eigenvalue weighted by molar-refractivity contribution is 0.133. The summed E-state index contributed by atoms with van der Waals surface area (Å²) in [6.07, 6.45) is 3.02. The molecule has 2 N–H and O–H groups in total. The minimum absolute atomic E-state index is 0.568. The van der Waals surface area contributed by atoms with Crippen LogP contribution in [-0.2, 0) is 17.7 Å². The van der Waals surface area contributed by atoms with Crippen LogP contribution in [0.5, 0.6) is 11.5 Å². The summed E-state index contributed by atoms with van der Waals surface area (Å²) >= 11 is 0. The molecule has 2 aromatic rings. The second-order valence-electron chi connectivity index (χ2n) is 6.87. The van der Waals surface area contributed by atoms with Gasteiger partial charge in [-0.05, 0) is 49.4 Å². The van der Waals surface area contributed by atoms with Crippen LogP contribution >= 0.6 is 0 Å². The van der Waals surface area contributed by atoms with Gasteiger partial charge in [0.1, 0.15) is 0 Å². The molecule has 0 amide bonds. The normalized spacial score (nSPS) is 11.2. The number of nitrogens with zero attached hydrogens (tertiary/aromatic N) is 1. The predicted molar refractivity (Wildman–Crippen MR) is 123 cm³/mol. The van der Waals surface area contributed by atoms with Gasteiger partial charge >= 0.3 is 0 Å². The molecule has 164 valence electrons. The first-order valence-corrected chi connectivity index (χ1v) is 10.6. The van der Waals surface area contributed by atoms with Crippen LogP contribution in [-0.4, -0.2) is 46.5 Å². The second kappa shape index (κ2) is 14.3. The number of guanidine groups is 1. The predicted octanol–water partition coefficient (Wildman–Crippen LogP) is 3.80. The lowest BCUT2D eigenvalue weighted by atomic mass is 10.2. The van der Waals surface area contributed by atoms with E-state index >= 15 is 0 Å². The third kappa shape index (κ3) is 8.74. The minimum atomic E-state index is 0.568. The zero-order chi connectivity index (χ0) is 21.4. The van der Waals surface area contributed by atoms with Gasteiger partial charge in [0.05, 0.1) is 27.4 Å². The number of unbranched alkanes of at least 4 members (excludes halogenated alkanes) is 1. The Morgan fingerprint density at radius 2 is 1.67 bits per heavy atom. The van der Waals surface area contributed by atoms with E-state index < -0.39 is 0 Å². The van der Waals surface area contributed by atoms with Crippen LogP contribution in [0.25, 0.3) is 0 Å². The Morgan fingerprint density at radius 3 is 2.40 bits per heavy atom. The SMILES string of the molecule is CCNC(=NCc1ccc(OC)c(OC)c1)NCCCCOCCc1ccccc1. The van der Waals surface area contributed by atoms with Gasteiger partial charge in [-0.25, -0.2) is 4.99 Å². The second-order valence-corrected chi connectivity index (χ2v) is 6.87. The maximum absolute atomic E-state index is 5.74. The molecular weight excluding hydrogens is 378 g/mol. The number of benzene rings is 2. The summed E-state index contributed by atoms with van der Waals surface area (Å²) in [7, 11) is 3.28. The molecule has 0 spiro atoms. The number of aliphatic imine (C=N–C) groups is 1. The van der Waals surface area contributed by atoms with Gasteiger partial charge in [-0.15, -0.1) is 0 Å². The van der Waals surface area contributed by atoms with Crippen molar-refractivity contribution in [1.82, 2.24) is 10.6 Å². The molecule has 2 rings (SSSR count). The molecule has 6 heteroatoms. The topological polar surface area (TPSA) is 64.1 Å². The molecule has 0 aromatic heterocycles. The van der Waals surface area contributed by atoms with Gasteiger partial charge in [0, 0.05) is 19.7 Å². The fourth-order valence-corrected chi connectivity index (χ4v) is 2.96. The molecule has 0 aliphatic heterocycles. The van der Waals surface area contributed by atoms with E-state index in [-0.39, 0.29) is 0 Å². The number of ether oxygens (including phenoxy) is 3. The largest absolute Gasteiger partial charge is 0.493 e. The first-order valence-electron chi connectivity index (χ1n) is 10.6. The Hall–Kier alpha value is -2.73. The highest BCUT2D eigenvalue weighted by atomic mass is 16.5. The Labute approximate surface area is 180 Å². The van der Waals surface area contributed by atoms with E-state index in [9.17, 15) is 0 Å². The van der Waals surface area contributed by atoms with Crippen LogP contribution in [0, 0.1) is 0 Å². The summed E-state index contributed by atoms with van der Waals surface area (Å²) in [6, 6.07) is 16.3. The van der Waals surface area contributed by atoms with Crippen molar-refractivity contribution in [3.05, 3.63) is 59.7 Å². The van der Waals surface area contributed by atoms with Crippen LogP contribution in [0.15, 0.2) is 53.5 Å². The van der Waals surface area contributed by atoms with Crippen LogP contribution in [0.3, 0.4) is 0 Å². The van der Waals surface area contributed by atoms with Gasteiger partial charge in [-0.2, -0.15) is 0 Å². The molecule has 0 heterocycles. The van der Waals surface area contributed by atoms with Gasteiger partial charge in [0.15, 0.2) is 17.5 Å². The van der Waals surface area contributed by atoms with E-state index in [0.29, 0.717) is 6.54 Å². The zero-order valence-corrected chi connectivity index (χ0v) is 18.4. The Morgan fingerprint density at radius 1 is 0.867 bits per heavy atom. The molecule has 0 unspecified atom stereocenters. The van der Waals surface area contributed by atoms with Crippen molar-refractivity contribution in [1.29, 1.82) is 0 Å². The van der Waals surface area contributed by atoms with Crippen LogP contribution in [0.1, 0.15) is 30.9 Å². The minimum Gasteiger partial charge on any atom is -0.493 e. The van der Waals surface area contributed by atoms with Crippen LogP contribution < -0.4 is 20.1 Å². The highest BCUT2D eigenvalue weighted by Crippen LogP contribution is 2.27. The molecular formula is C24H35N3O3. The summed E-state index contributed by atoms with van der Waals surface area (Å²) in [6.45, 7) is 5.87. The zero-order valence-electron chi connectivity index (χ0n) is 18.4. The van der Waals surface area contributed by atoms with Gasteiger partial charge in [0.2, 0.25) is 0 Å². The molecule has 30 heavy (non-hydrogen) atoms. The van der Waals surface area contributed by atoms with Crippen molar-refractivity contribution in [3.63, 3.8) is 0 Å². The summed E-state index contributed by atoms with van der Waals surface area (Å²) in [5.74, 6) is 2.26. The van der Waals surface area contributed by atoms with E-state index in [2.05, 4.69) is 46.8 Å². The van der Waals surface area contributed by atoms with E-state index in [4.69, 9.17) is 14.2 Å². The van der Waals surface area contributed by atoms with Gasteiger partial charge in [-0.1, -0.05) is 36.4 Å². The highest BCUT2D eigenvalue weighted by molar-refractivity contribution is 5.79. The van der Waals surface area contributed by atoms with E-state index in [1.165, 1.54) is 5.56 Å². The molecule has 0 saturated heterocycles. The molecule has 0 bridgehead atoms. The van der Waals surface area contributed by atoms with E-state index in [1.54, 1.807) is 14.2 Å². The molecule has 0 aliphatic carbocycles. The third-order valence-electron chi connectivity index (χ3n) is 4.60. The first kappa shape index (κ1) is 23.5. The van der Waals surface area contributed by atoms with Gasteiger partial charge in [0.25, 0.3) is 0 Å². The van der Waals surface area contributed by atoms with Crippen molar-refractivity contribution in [2.75, 3.05) is 40.5 Å². The van der Waals surface area contributed by atoms with Crippen molar-refractivity contribution in [2.45, 2.75) is 32.7 Å². The maximum Gasteiger partial charge on any atom is 0.191 e. The molecule has 6 nitrogen and oxygen atoms in total. The summed E-state index contributed by atoms with van der Waals surface area (Å²) in [5.41, 5.74) is 2.39. The van der Waals surface area contributed by atoms with E-state index in [0.717, 1.165) is 68.6 Å². The van der Waals surface area contributed by atoms with E-state index in [1.807, 2.05) is 24.3 Å². The van der Waals surface area contributed by atoms with Crippen LogP contribution in [0.4, 0.5) is 0 Å². The van der Waals surface area contributed by atoms with Crippen molar-refractivity contribution in [2.24, 2.45) is 4.99 Å². The van der Waals surface area contributed by atoms with Crippen molar-refractivity contribution in [3.8, 4) is 11.5 Å². The lowest BCUT2D eigenvalue weighted by Crippen LogP contribution is -2.37. The number of rotatable bonds is 13. The fourth-order valence-electron chi connectivity index (χ4n) is 2.96. The number of methoxy groups -OCH3 is 2. The fraction of sp³-hybridized carbons (Fsp3) is 0.458. The number of hydrogen-bond donors (Lipinski definition) is 2. The standard InChI is InChI=1S/C24H35N3O3/c1-4-25-24(27-19-21-12-13-22(28-2)23(18-21)29-3)26-15-8-9-16-30-17-14-20-10-6-5-7-11-20/h5-7,10-13,18H,4,8-9,14-17,19H2,1-3H3,(H2,25,26,27). The average molecular weight is 414 g/mol. The van der Waals surface area contributed by atoms with Crippen molar-refractivity contribution >= 4 is 5.96 Å². The average Bonchev–Trinajstić information content (AvgIpc) is 2.79. The third-order valence-corrected chi connectivity index (χ3v) is 4.60. The highest BCUT2D eigenvalue weighted by Gasteiger charge is 2.05. The Bertz CT molecular complexity index is 751. The quantitative estimate of drug-likeness (QED) is 0.297. The molecule has 0 atom stereocenters. The van der Waals surface area contributed by atoms with Gasteiger partial charge < -0.3 is 24.8 Å². The van der Waals surface area contributed by atoms with Crippen molar-refractivity contribution < 1.29 is 14.2 Å². The Balaban J connectivity index is 1.66. The monoisotopic (exact) mass is 413 g/mol. The molecule has 0 radical (unpaired) electrons. The molecule has 0 saturated carbocycles. The maximum atomic E-state index is 5.74. The van der Waals surface area contributed by atoms with Gasteiger partial charge in [-0.3, -0.25) is 0 Å². The lowest BCUT2D eigenvalue weighted by Gasteiger charge is -2.12. The summed E-state index contributed by atoms with van der Waals surface area (Å²) in [4.78, 5) is 4.66. The smallest absolute Gasteiger partial charge is 0.191 e. The number of nitrogens with one attached hydrogen (secondary N) is 2. The molecule has 2 aromatic carbocycles.